The Morgan fingerprint density at radius 1 is 1.10 bits per heavy atom. The summed E-state index contributed by atoms with van der Waals surface area (Å²) in [5.74, 6) is 1.09. The van der Waals surface area contributed by atoms with Gasteiger partial charge in [0.15, 0.2) is 11.5 Å². The van der Waals surface area contributed by atoms with Crippen molar-refractivity contribution in [1.29, 1.82) is 0 Å². The van der Waals surface area contributed by atoms with Gasteiger partial charge in [0.05, 0.1) is 0 Å². The number of rotatable bonds is 6. The van der Waals surface area contributed by atoms with Crippen LogP contribution < -0.4 is 20.1 Å². The van der Waals surface area contributed by atoms with E-state index in [-0.39, 0.29) is 18.6 Å². The second-order valence-corrected chi connectivity index (χ2v) is 4.51. The van der Waals surface area contributed by atoms with Crippen LogP contribution in [0, 0.1) is 0 Å². The topological polar surface area (TPSA) is 76.7 Å². The summed E-state index contributed by atoms with van der Waals surface area (Å²) in [4.78, 5) is 22.6. The lowest BCUT2D eigenvalue weighted by Crippen LogP contribution is -2.26. The number of unbranched alkanes of at least 4 members (excludes halogenated alkanes) is 1. The molecule has 20 heavy (non-hydrogen) atoms. The summed E-state index contributed by atoms with van der Waals surface area (Å²) < 4.78 is 10.4. The average molecular weight is 278 g/mol. The minimum atomic E-state index is -0.136. The van der Waals surface area contributed by atoms with Gasteiger partial charge in [-0.05, 0) is 31.0 Å². The molecule has 0 saturated carbocycles. The largest absolute Gasteiger partial charge is 0.454 e. The lowest BCUT2D eigenvalue weighted by Gasteiger charge is -2.06. The number of ether oxygens (including phenoxy) is 2. The second kappa shape index (κ2) is 6.79. The van der Waals surface area contributed by atoms with Crippen LogP contribution in [-0.2, 0) is 4.79 Å². The number of nitrogens with one attached hydrogen (secondary N) is 2. The first kappa shape index (κ1) is 14.2. The van der Waals surface area contributed by atoms with Crippen molar-refractivity contribution in [2.75, 3.05) is 19.9 Å². The summed E-state index contributed by atoms with van der Waals surface area (Å²) in [6, 6.07) is 5.11. The van der Waals surface area contributed by atoms with Gasteiger partial charge in [-0.25, -0.2) is 0 Å². The highest BCUT2D eigenvalue weighted by molar-refractivity contribution is 5.94. The van der Waals surface area contributed by atoms with Crippen LogP contribution in [-0.4, -0.2) is 31.7 Å². The van der Waals surface area contributed by atoms with Gasteiger partial charge in [-0.2, -0.15) is 0 Å². The van der Waals surface area contributed by atoms with Gasteiger partial charge in [-0.3, -0.25) is 9.59 Å². The number of amides is 2. The fraction of sp³-hybridized carbons (Fsp3) is 0.429. The van der Waals surface area contributed by atoms with Crippen LogP contribution in [0.4, 0.5) is 0 Å². The van der Waals surface area contributed by atoms with E-state index in [9.17, 15) is 9.59 Å². The van der Waals surface area contributed by atoms with E-state index in [0.29, 0.717) is 30.2 Å². The summed E-state index contributed by atoms with van der Waals surface area (Å²) in [6.07, 6.45) is 1.65. The normalized spacial score (nSPS) is 12.1. The molecule has 0 bridgehead atoms. The molecule has 1 aromatic carbocycles. The third kappa shape index (κ3) is 3.88. The number of carbonyl (C=O) groups excluding carboxylic acids is 2. The number of hydrogen-bond acceptors (Lipinski definition) is 4. The molecule has 0 spiro atoms. The van der Waals surface area contributed by atoms with Crippen LogP contribution >= 0.6 is 0 Å². The van der Waals surface area contributed by atoms with E-state index < -0.39 is 0 Å². The van der Waals surface area contributed by atoms with Crippen LogP contribution in [0.1, 0.15) is 30.1 Å². The minimum absolute atomic E-state index is 0.0330. The third-order valence-electron chi connectivity index (χ3n) is 2.90. The number of benzene rings is 1. The lowest BCUT2D eigenvalue weighted by atomic mass is 10.2. The Kier molecular flexibility index (Phi) is 4.81. The van der Waals surface area contributed by atoms with Crippen LogP contribution in [0.2, 0.25) is 0 Å². The summed E-state index contributed by atoms with van der Waals surface area (Å²) in [6.45, 7) is 2.90. The van der Waals surface area contributed by atoms with Crippen molar-refractivity contribution < 1.29 is 19.1 Å². The molecule has 1 aliphatic heterocycles. The lowest BCUT2D eigenvalue weighted by molar-refractivity contribution is -0.118. The Morgan fingerprint density at radius 2 is 1.80 bits per heavy atom. The first-order valence-corrected chi connectivity index (χ1v) is 6.59. The van der Waals surface area contributed by atoms with Crippen molar-refractivity contribution in [3.63, 3.8) is 0 Å². The Balaban J connectivity index is 1.71. The van der Waals surface area contributed by atoms with Crippen molar-refractivity contribution in [2.24, 2.45) is 0 Å². The molecule has 1 aromatic rings. The SMILES string of the molecule is CC(=O)NCCCCNC(=O)c1ccc2c(c1)OCO2. The smallest absolute Gasteiger partial charge is 0.251 e. The maximum Gasteiger partial charge on any atom is 0.251 e. The van der Waals surface area contributed by atoms with Gasteiger partial charge in [-0.15, -0.1) is 0 Å². The molecule has 0 unspecified atom stereocenters. The van der Waals surface area contributed by atoms with E-state index in [4.69, 9.17) is 9.47 Å². The zero-order valence-corrected chi connectivity index (χ0v) is 11.4. The van der Waals surface area contributed by atoms with Gasteiger partial charge in [0.1, 0.15) is 0 Å². The van der Waals surface area contributed by atoms with Crippen molar-refractivity contribution in [1.82, 2.24) is 10.6 Å². The first-order chi connectivity index (χ1) is 9.66. The highest BCUT2D eigenvalue weighted by Gasteiger charge is 2.15. The molecule has 2 N–H and O–H groups in total. The zero-order valence-electron chi connectivity index (χ0n) is 11.4. The molecule has 0 fully saturated rings. The molecular weight excluding hydrogens is 260 g/mol. The molecule has 0 aliphatic carbocycles. The quantitative estimate of drug-likeness (QED) is 0.763. The van der Waals surface area contributed by atoms with Gasteiger partial charge < -0.3 is 20.1 Å². The molecule has 6 heteroatoms. The fourth-order valence-electron chi connectivity index (χ4n) is 1.86. The van der Waals surface area contributed by atoms with Gasteiger partial charge in [0, 0.05) is 25.6 Å². The molecule has 0 atom stereocenters. The first-order valence-electron chi connectivity index (χ1n) is 6.59. The second-order valence-electron chi connectivity index (χ2n) is 4.51. The molecule has 1 aliphatic rings. The predicted molar refractivity (Wildman–Crippen MR) is 72.8 cm³/mol. The Morgan fingerprint density at radius 3 is 2.55 bits per heavy atom. The molecule has 2 amide bonds. The number of hydrogen-bond donors (Lipinski definition) is 2. The predicted octanol–water partition coefficient (Wildman–Crippen LogP) is 1.06. The summed E-state index contributed by atoms with van der Waals surface area (Å²) in [5.41, 5.74) is 0.552. The number of carbonyl (C=O) groups is 2. The maximum absolute atomic E-state index is 11.9. The monoisotopic (exact) mass is 278 g/mol. The van der Waals surface area contributed by atoms with E-state index in [0.717, 1.165) is 12.8 Å². The van der Waals surface area contributed by atoms with Crippen molar-refractivity contribution in [3.05, 3.63) is 23.8 Å². The molecule has 6 nitrogen and oxygen atoms in total. The summed E-state index contributed by atoms with van der Waals surface area (Å²) >= 11 is 0. The molecule has 108 valence electrons. The maximum atomic E-state index is 11.9. The average Bonchev–Trinajstić information content (AvgIpc) is 2.89. The van der Waals surface area contributed by atoms with E-state index in [1.54, 1.807) is 18.2 Å². The minimum Gasteiger partial charge on any atom is -0.454 e. The highest BCUT2D eigenvalue weighted by atomic mass is 16.7. The van der Waals surface area contributed by atoms with Gasteiger partial charge in [-0.1, -0.05) is 0 Å². The summed E-state index contributed by atoms with van der Waals surface area (Å²) in [7, 11) is 0. The molecule has 0 radical (unpaired) electrons. The van der Waals surface area contributed by atoms with Gasteiger partial charge in [0.25, 0.3) is 5.91 Å². The van der Waals surface area contributed by atoms with E-state index in [1.807, 2.05) is 0 Å². The molecule has 2 rings (SSSR count). The van der Waals surface area contributed by atoms with Crippen molar-refractivity contribution in [2.45, 2.75) is 19.8 Å². The van der Waals surface area contributed by atoms with Gasteiger partial charge >= 0.3 is 0 Å². The van der Waals surface area contributed by atoms with Crippen molar-refractivity contribution in [3.8, 4) is 11.5 Å². The van der Waals surface area contributed by atoms with Crippen molar-refractivity contribution >= 4 is 11.8 Å². The van der Waals surface area contributed by atoms with Crippen LogP contribution in [0.3, 0.4) is 0 Å². The molecule has 0 aromatic heterocycles. The Bertz CT molecular complexity index is 502. The van der Waals surface area contributed by atoms with Crippen LogP contribution in [0.25, 0.3) is 0 Å². The Labute approximate surface area is 117 Å². The zero-order chi connectivity index (χ0) is 14.4. The molecule has 0 saturated heterocycles. The standard InChI is InChI=1S/C14H18N2O4/c1-10(17)15-6-2-3-7-16-14(18)11-4-5-12-13(8-11)20-9-19-12/h4-5,8H,2-3,6-7,9H2,1H3,(H,15,17)(H,16,18). The van der Waals surface area contributed by atoms with E-state index in [2.05, 4.69) is 10.6 Å². The van der Waals surface area contributed by atoms with E-state index in [1.165, 1.54) is 6.92 Å². The number of fused-ring (bicyclic) bond motifs is 1. The molecule has 1 heterocycles. The van der Waals surface area contributed by atoms with Crippen LogP contribution in [0.15, 0.2) is 18.2 Å². The fourth-order valence-corrected chi connectivity index (χ4v) is 1.86. The highest BCUT2D eigenvalue weighted by Crippen LogP contribution is 2.32. The molecular formula is C14H18N2O4. The van der Waals surface area contributed by atoms with Gasteiger partial charge in [0.2, 0.25) is 12.7 Å². The summed E-state index contributed by atoms with van der Waals surface area (Å²) in [5, 5.41) is 5.54. The third-order valence-corrected chi connectivity index (χ3v) is 2.90. The van der Waals surface area contributed by atoms with Crippen LogP contribution in [0.5, 0.6) is 11.5 Å². The Hall–Kier alpha value is -2.24. The van der Waals surface area contributed by atoms with E-state index >= 15 is 0 Å².